The first kappa shape index (κ1) is 16.3. The van der Waals surface area contributed by atoms with Crippen molar-refractivity contribution in [3.8, 4) is 0 Å². The van der Waals surface area contributed by atoms with Gasteiger partial charge in [0.2, 0.25) is 0 Å². The van der Waals surface area contributed by atoms with Gasteiger partial charge in [0.15, 0.2) is 5.69 Å². The highest BCUT2D eigenvalue weighted by Gasteiger charge is 2.17. The minimum atomic E-state index is -0.468. The van der Waals surface area contributed by atoms with Crippen LogP contribution in [0.4, 0.5) is 5.69 Å². The highest BCUT2D eigenvalue weighted by atomic mass is 16.2. The van der Waals surface area contributed by atoms with E-state index >= 15 is 0 Å². The Morgan fingerprint density at radius 3 is 2.88 bits per heavy atom. The monoisotopic (exact) mass is 348 g/mol. The summed E-state index contributed by atoms with van der Waals surface area (Å²) in [7, 11) is 0. The summed E-state index contributed by atoms with van der Waals surface area (Å²) < 4.78 is 0. The third-order valence-electron chi connectivity index (χ3n) is 4.69. The molecule has 1 amide bonds. The summed E-state index contributed by atoms with van der Waals surface area (Å²) in [5.74, 6) is -0.442. The van der Waals surface area contributed by atoms with E-state index in [2.05, 4.69) is 38.4 Å². The molecule has 0 radical (unpaired) electrons. The molecule has 132 valence electrons. The number of carbonyl (C=O) groups is 1. The van der Waals surface area contributed by atoms with Gasteiger partial charge in [-0.25, -0.2) is 4.98 Å². The highest BCUT2D eigenvalue weighted by molar-refractivity contribution is 5.93. The first-order valence-electron chi connectivity index (χ1n) is 8.82. The number of nitrogens with zero attached hydrogens (tertiary/aromatic N) is 2. The Bertz CT molecular complexity index is 1010. The highest BCUT2D eigenvalue weighted by Crippen LogP contribution is 2.25. The van der Waals surface area contributed by atoms with Gasteiger partial charge >= 0.3 is 0 Å². The molecule has 1 aromatic heterocycles. The number of aromatic nitrogens is 2. The lowest BCUT2D eigenvalue weighted by atomic mass is 10.0. The van der Waals surface area contributed by atoms with Crippen molar-refractivity contribution in [2.24, 2.45) is 0 Å². The SMILES string of the molecule is O=C(NCCN1CCCc2ccccc21)c1nc2ccccc2[nH]c1=O. The van der Waals surface area contributed by atoms with Gasteiger partial charge in [0.1, 0.15) is 0 Å². The maximum Gasteiger partial charge on any atom is 0.280 e. The fraction of sp³-hybridized carbons (Fsp3) is 0.250. The van der Waals surface area contributed by atoms with Crippen LogP contribution in [-0.4, -0.2) is 35.5 Å². The van der Waals surface area contributed by atoms with Crippen LogP contribution in [0.25, 0.3) is 11.0 Å². The second-order valence-corrected chi connectivity index (χ2v) is 6.41. The maximum atomic E-state index is 12.4. The van der Waals surface area contributed by atoms with Gasteiger partial charge in [-0.2, -0.15) is 0 Å². The molecule has 0 unspecified atom stereocenters. The van der Waals surface area contributed by atoms with Crippen LogP contribution in [0.1, 0.15) is 22.5 Å². The van der Waals surface area contributed by atoms with E-state index in [-0.39, 0.29) is 5.69 Å². The van der Waals surface area contributed by atoms with Crippen LogP contribution in [0.5, 0.6) is 0 Å². The first-order valence-corrected chi connectivity index (χ1v) is 8.82. The molecule has 1 aliphatic heterocycles. The van der Waals surface area contributed by atoms with Crippen molar-refractivity contribution in [2.45, 2.75) is 12.8 Å². The largest absolute Gasteiger partial charge is 0.370 e. The molecule has 4 rings (SSSR count). The molecule has 2 aromatic carbocycles. The van der Waals surface area contributed by atoms with Gasteiger partial charge in [-0.1, -0.05) is 30.3 Å². The lowest BCUT2D eigenvalue weighted by molar-refractivity contribution is 0.0948. The van der Waals surface area contributed by atoms with E-state index in [1.165, 1.54) is 11.3 Å². The molecule has 0 atom stereocenters. The molecule has 6 heteroatoms. The van der Waals surface area contributed by atoms with Gasteiger partial charge in [0, 0.05) is 25.3 Å². The minimum Gasteiger partial charge on any atom is -0.370 e. The summed E-state index contributed by atoms with van der Waals surface area (Å²) in [6.07, 6.45) is 2.20. The average Bonchev–Trinajstić information content (AvgIpc) is 2.67. The summed E-state index contributed by atoms with van der Waals surface area (Å²) in [6.45, 7) is 2.14. The van der Waals surface area contributed by atoms with Crippen LogP contribution in [0.15, 0.2) is 53.3 Å². The predicted octanol–water partition coefficient (Wildman–Crippen LogP) is 2.11. The molecule has 0 fully saturated rings. The maximum absolute atomic E-state index is 12.4. The number of amides is 1. The fourth-order valence-corrected chi connectivity index (χ4v) is 3.42. The van der Waals surface area contributed by atoms with Crippen molar-refractivity contribution in [3.05, 3.63) is 70.1 Å². The van der Waals surface area contributed by atoms with Gasteiger partial charge in [0.05, 0.1) is 11.0 Å². The summed E-state index contributed by atoms with van der Waals surface area (Å²) >= 11 is 0. The number of H-pyrrole nitrogens is 1. The predicted molar refractivity (Wildman–Crippen MR) is 102 cm³/mol. The lowest BCUT2D eigenvalue weighted by Gasteiger charge is -2.31. The van der Waals surface area contributed by atoms with Crippen LogP contribution in [0.2, 0.25) is 0 Å². The lowest BCUT2D eigenvalue weighted by Crippen LogP contribution is -2.39. The molecule has 1 aliphatic rings. The number of fused-ring (bicyclic) bond motifs is 2. The van der Waals surface area contributed by atoms with Gasteiger partial charge in [-0.3, -0.25) is 9.59 Å². The molecule has 0 spiro atoms. The number of anilines is 1. The van der Waals surface area contributed by atoms with Crippen molar-refractivity contribution in [1.29, 1.82) is 0 Å². The number of benzene rings is 2. The molecule has 0 aliphatic carbocycles. The molecule has 0 bridgehead atoms. The number of rotatable bonds is 4. The van der Waals surface area contributed by atoms with Gasteiger partial charge in [0.25, 0.3) is 11.5 Å². The van der Waals surface area contributed by atoms with E-state index in [4.69, 9.17) is 0 Å². The number of hydrogen-bond acceptors (Lipinski definition) is 4. The summed E-state index contributed by atoms with van der Waals surface area (Å²) in [5, 5.41) is 2.82. The fourth-order valence-electron chi connectivity index (χ4n) is 3.42. The van der Waals surface area contributed by atoms with Crippen LogP contribution in [0.3, 0.4) is 0 Å². The smallest absolute Gasteiger partial charge is 0.280 e. The Morgan fingerprint density at radius 1 is 1.15 bits per heavy atom. The Morgan fingerprint density at radius 2 is 1.96 bits per heavy atom. The van der Waals surface area contributed by atoms with E-state index in [1.54, 1.807) is 12.1 Å². The Kier molecular flexibility index (Phi) is 4.39. The van der Waals surface area contributed by atoms with E-state index in [9.17, 15) is 9.59 Å². The zero-order chi connectivity index (χ0) is 17.9. The molecule has 3 aromatic rings. The number of hydrogen-bond donors (Lipinski definition) is 2. The number of aryl methyl sites for hydroxylation is 1. The van der Waals surface area contributed by atoms with Crippen LogP contribution < -0.4 is 15.8 Å². The van der Waals surface area contributed by atoms with Crippen molar-refractivity contribution >= 4 is 22.6 Å². The number of carbonyl (C=O) groups excluding carboxylic acids is 1. The van der Waals surface area contributed by atoms with Gasteiger partial charge < -0.3 is 15.2 Å². The molecule has 2 heterocycles. The standard InChI is InChI=1S/C20H20N4O2/c25-19(18-20(26)23-16-9-3-2-8-15(16)22-18)21-11-13-24-12-5-7-14-6-1-4-10-17(14)24/h1-4,6,8-10H,5,7,11-13H2,(H,21,25)(H,23,26). The van der Waals surface area contributed by atoms with Gasteiger partial charge in [-0.15, -0.1) is 0 Å². The summed E-state index contributed by atoms with van der Waals surface area (Å²) in [4.78, 5) is 33.7. The molecule has 26 heavy (non-hydrogen) atoms. The molecular formula is C20H20N4O2. The summed E-state index contributed by atoms with van der Waals surface area (Å²) in [5.41, 5.74) is 3.24. The Hall–Kier alpha value is -3.15. The molecule has 2 N–H and O–H groups in total. The number of nitrogens with one attached hydrogen (secondary N) is 2. The third kappa shape index (κ3) is 3.18. The number of para-hydroxylation sites is 3. The second-order valence-electron chi connectivity index (χ2n) is 6.41. The molecule has 6 nitrogen and oxygen atoms in total. The van der Waals surface area contributed by atoms with Crippen LogP contribution >= 0.6 is 0 Å². The molecular weight excluding hydrogens is 328 g/mol. The summed E-state index contributed by atoms with van der Waals surface area (Å²) in [6, 6.07) is 15.5. The Labute approximate surface area is 150 Å². The zero-order valence-corrected chi connectivity index (χ0v) is 14.4. The van der Waals surface area contributed by atoms with Gasteiger partial charge in [-0.05, 0) is 36.6 Å². The Balaban J connectivity index is 1.44. The van der Waals surface area contributed by atoms with Crippen molar-refractivity contribution in [2.75, 3.05) is 24.5 Å². The molecule has 0 saturated heterocycles. The minimum absolute atomic E-state index is 0.0947. The first-order chi connectivity index (χ1) is 12.7. The van der Waals surface area contributed by atoms with Crippen LogP contribution in [-0.2, 0) is 6.42 Å². The molecule has 0 saturated carbocycles. The second kappa shape index (κ2) is 7.00. The van der Waals surface area contributed by atoms with Crippen LogP contribution in [0, 0.1) is 0 Å². The van der Waals surface area contributed by atoms with Crippen molar-refractivity contribution in [1.82, 2.24) is 15.3 Å². The average molecular weight is 348 g/mol. The van der Waals surface area contributed by atoms with E-state index in [0.717, 1.165) is 19.4 Å². The van der Waals surface area contributed by atoms with Crippen molar-refractivity contribution < 1.29 is 4.79 Å². The zero-order valence-electron chi connectivity index (χ0n) is 14.4. The number of aromatic amines is 1. The third-order valence-corrected chi connectivity index (χ3v) is 4.69. The van der Waals surface area contributed by atoms with E-state index in [1.807, 2.05) is 18.2 Å². The topological polar surface area (TPSA) is 78.1 Å². The normalized spacial score (nSPS) is 13.5. The van der Waals surface area contributed by atoms with E-state index < -0.39 is 11.5 Å². The van der Waals surface area contributed by atoms with Crippen molar-refractivity contribution in [3.63, 3.8) is 0 Å². The quantitative estimate of drug-likeness (QED) is 0.757. The van der Waals surface area contributed by atoms with E-state index in [0.29, 0.717) is 24.1 Å².